The molecule has 2 saturated heterocycles. The number of hydrogen-bond donors (Lipinski definition) is 2. The third kappa shape index (κ3) is 2.39. The number of rotatable bonds is 5. The molecule has 0 bridgehead atoms. The van der Waals surface area contributed by atoms with Gasteiger partial charge in [0, 0.05) is 19.1 Å². The third-order valence-corrected chi connectivity index (χ3v) is 4.45. The Kier molecular flexibility index (Phi) is 4.22. The molecule has 3 N–H and O–H groups in total. The van der Waals surface area contributed by atoms with Gasteiger partial charge in [0.05, 0.1) is 6.54 Å². The van der Waals surface area contributed by atoms with Gasteiger partial charge in [-0.3, -0.25) is 14.4 Å². The summed E-state index contributed by atoms with van der Waals surface area (Å²) in [5.74, 6) is -1.03. The van der Waals surface area contributed by atoms with Crippen LogP contribution in [0.4, 0.5) is 0 Å². The Morgan fingerprint density at radius 1 is 1.43 bits per heavy atom. The van der Waals surface area contributed by atoms with Crippen molar-refractivity contribution in [3.8, 4) is 0 Å². The number of likely N-dealkylation sites (tertiary alicyclic amines) is 2. The van der Waals surface area contributed by atoms with Crippen molar-refractivity contribution in [2.24, 2.45) is 11.7 Å². The highest BCUT2D eigenvalue weighted by atomic mass is 16.3. The van der Waals surface area contributed by atoms with E-state index in [1.54, 1.807) is 4.90 Å². The van der Waals surface area contributed by atoms with Crippen LogP contribution >= 0.6 is 0 Å². The molecular formula is C14H23N3O4. The molecule has 0 radical (unpaired) electrons. The number of nitrogens with two attached hydrogens (primary N) is 1. The molecule has 0 aromatic heterocycles. The molecule has 1 spiro atoms. The summed E-state index contributed by atoms with van der Waals surface area (Å²) in [6.45, 7) is 4.33. The van der Waals surface area contributed by atoms with Gasteiger partial charge in [0.25, 0.3) is 5.91 Å². The van der Waals surface area contributed by atoms with Gasteiger partial charge in [0.15, 0.2) is 0 Å². The number of carbonyl (C=O) groups excluding carboxylic acids is 3. The smallest absolute Gasteiger partial charge is 0.251 e. The summed E-state index contributed by atoms with van der Waals surface area (Å²) in [4.78, 5) is 39.3. The fraction of sp³-hybridized carbons (Fsp3) is 0.786. The lowest BCUT2D eigenvalue weighted by molar-refractivity contribution is -0.174. The number of aliphatic hydroxyl groups excluding tert-OH is 1. The number of hydrogen-bond acceptors (Lipinski definition) is 4. The highest BCUT2D eigenvalue weighted by molar-refractivity contribution is 6.00. The molecule has 7 nitrogen and oxygen atoms in total. The van der Waals surface area contributed by atoms with E-state index in [1.807, 2.05) is 13.8 Å². The first-order chi connectivity index (χ1) is 9.85. The lowest BCUT2D eigenvalue weighted by atomic mass is 9.83. The average molecular weight is 297 g/mol. The maximum absolute atomic E-state index is 12.6. The summed E-state index contributed by atoms with van der Waals surface area (Å²) in [6.07, 6.45) is 1.56. The molecule has 1 unspecified atom stereocenters. The van der Waals surface area contributed by atoms with Gasteiger partial charge in [-0.2, -0.15) is 0 Å². The van der Waals surface area contributed by atoms with E-state index in [1.165, 1.54) is 4.90 Å². The Hall–Kier alpha value is -1.63. The molecule has 2 heterocycles. The van der Waals surface area contributed by atoms with Gasteiger partial charge >= 0.3 is 0 Å². The van der Waals surface area contributed by atoms with Crippen molar-refractivity contribution in [2.75, 3.05) is 19.7 Å². The maximum Gasteiger partial charge on any atom is 0.251 e. The van der Waals surface area contributed by atoms with Gasteiger partial charge in [0.1, 0.15) is 11.6 Å². The number of primary amides is 1. The number of carbonyl (C=O) groups is 3. The van der Waals surface area contributed by atoms with E-state index in [9.17, 15) is 14.4 Å². The first-order valence-electron chi connectivity index (χ1n) is 7.38. The summed E-state index contributed by atoms with van der Waals surface area (Å²) in [5.41, 5.74) is 4.51. The van der Waals surface area contributed by atoms with Gasteiger partial charge < -0.3 is 20.6 Å². The van der Waals surface area contributed by atoms with Crippen LogP contribution in [0, 0.1) is 5.92 Å². The zero-order valence-corrected chi connectivity index (χ0v) is 12.5. The predicted octanol–water partition coefficient (Wildman–Crippen LogP) is -0.918. The zero-order chi connectivity index (χ0) is 15.8. The predicted molar refractivity (Wildman–Crippen MR) is 74.9 cm³/mol. The molecule has 2 aliphatic heterocycles. The number of amides is 3. The molecule has 0 aromatic rings. The number of aliphatic hydroxyl groups is 1. The molecular weight excluding hydrogens is 274 g/mol. The molecule has 2 aliphatic rings. The van der Waals surface area contributed by atoms with E-state index >= 15 is 0 Å². The van der Waals surface area contributed by atoms with Crippen molar-refractivity contribution in [1.29, 1.82) is 0 Å². The van der Waals surface area contributed by atoms with E-state index in [0.717, 1.165) is 6.42 Å². The number of nitrogens with zero attached hydrogens (tertiary/aromatic N) is 2. The maximum atomic E-state index is 12.6. The van der Waals surface area contributed by atoms with Gasteiger partial charge in [-0.25, -0.2) is 0 Å². The highest BCUT2D eigenvalue weighted by Gasteiger charge is 2.61. The lowest BCUT2D eigenvalue weighted by Crippen LogP contribution is -2.76. The normalized spacial score (nSPS) is 26.4. The molecule has 3 amide bonds. The minimum atomic E-state index is -0.787. The second kappa shape index (κ2) is 5.63. The molecule has 2 rings (SSSR count). The van der Waals surface area contributed by atoms with Gasteiger partial charge in [-0.05, 0) is 19.3 Å². The summed E-state index contributed by atoms with van der Waals surface area (Å²) in [7, 11) is 0. The van der Waals surface area contributed by atoms with Crippen molar-refractivity contribution >= 4 is 17.7 Å². The average Bonchev–Trinajstić information content (AvgIpc) is 2.87. The van der Waals surface area contributed by atoms with Crippen LogP contribution in [-0.4, -0.2) is 63.9 Å². The fourth-order valence-electron chi connectivity index (χ4n) is 3.32. The van der Waals surface area contributed by atoms with E-state index in [2.05, 4.69) is 0 Å². The lowest BCUT2D eigenvalue weighted by Gasteiger charge is -2.53. The van der Waals surface area contributed by atoms with Crippen molar-refractivity contribution in [1.82, 2.24) is 9.80 Å². The Morgan fingerprint density at radius 3 is 2.57 bits per heavy atom. The van der Waals surface area contributed by atoms with Crippen molar-refractivity contribution in [3.05, 3.63) is 0 Å². The largest absolute Gasteiger partial charge is 0.396 e. The monoisotopic (exact) mass is 297 g/mol. The third-order valence-electron chi connectivity index (χ3n) is 4.45. The van der Waals surface area contributed by atoms with E-state index in [0.29, 0.717) is 19.5 Å². The Labute approximate surface area is 124 Å². The number of β-lactam (4-membered cyclic amide) rings is 1. The summed E-state index contributed by atoms with van der Waals surface area (Å²) >= 11 is 0. The minimum Gasteiger partial charge on any atom is -0.396 e. The highest BCUT2D eigenvalue weighted by Crippen LogP contribution is 2.41. The Bertz CT molecular complexity index is 465. The first-order valence-corrected chi connectivity index (χ1v) is 7.38. The molecule has 21 heavy (non-hydrogen) atoms. The summed E-state index contributed by atoms with van der Waals surface area (Å²) in [5, 5.41) is 9.00. The second-order valence-electron chi connectivity index (χ2n) is 6.14. The standard InChI is InChI=1S/C14H23N3O4/c1-9(2)12(20)17-6-3-5-14(17)8-16(13(14)21)10(4-7-18)11(15)19/h9-10,18H,3-8H2,1-2H3,(H2,15,19)/t10?,14-/m1/s1. The summed E-state index contributed by atoms with van der Waals surface area (Å²) < 4.78 is 0. The molecule has 0 saturated carbocycles. The topological polar surface area (TPSA) is 104 Å². The van der Waals surface area contributed by atoms with Crippen LogP contribution in [0.15, 0.2) is 0 Å². The van der Waals surface area contributed by atoms with Crippen LogP contribution < -0.4 is 5.73 Å². The van der Waals surface area contributed by atoms with E-state index < -0.39 is 17.5 Å². The quantitative estimate of drug-likeness (QED) is 0.640. The van der Waals surface area contributed by atoms with Gasteiger partial charge in [-0.15, -0.1) is 0 Å². The van der Waals surface area contributed by atoms with E-state index in [4.69, 9.17) is 10.8 Å². The molecule has 0 aromatic carbocycles. The minimum absolute atomic E-state index is 0.0294. The fourth-order valence-corrected chi connectivity index (χ4v) is 3.32. The Morgan fingerprint density at radius 2 is 2.10 bits per heavy atom. The molecule has 118 valence electrons. The van der Waals surface area contributed by atoms with Crippen LogP contribution in [0.25, 0.3) is 0 Å². The molecule has 7 heteroatoms. The molecule has 2 fully saturated rings. The van der Waals surface area contributed by atoms with Crippen molar-refractivity contribution in [2.45, 2.75) is 44.7 Å². The first kappa shape index (κ1) is 15.8. The van der Waals surface area contributed by atoms with Gasteiger partial charge in [-0.1, -0.05) is 13.8 Å². The second-order valence-corrected chi connectivity index (χ2v) is 6.14. The molecule has 2 atom stereocenters. The zero-order valence-electron chi connectivity index (χ0n) is 12.5. The van der Waals surface area contributed by atoms with Crippen molar-refractivity contribution < 1.29 is 19.5 Å². The van der Waals surface area contributed by atoms with Gasteiger partial charge in [0.2, 0.25) is 11.8 Å². The summed E-state index contributed by atoms with van der Waals surface area (Å²) in [6, 6.07) is -0.787. The van der Waals surface area contributed by atoms with Crippen LogP contribution in [0.3, 0.4) is 0 Å². The van der Waals surface area contributed by atoms with E-state index in [-0.39, 0.29) is 30.8 Å². The molecule has 0 aliphatic carbocycles. The SMILES string of the molecule is CC(C)C(=O)N1CCC[C@]12CN(C(CCO)C(N)=O)C2=O. The van der Waals surface area contributed by atoms with Crippen molar-refractivity contribution in [3.63, 3.8) is 0 Å². The Balaban J connectivity index is 2.15. The van der Waals surface area contributed by atoms with Crippen LogP contribution in [0.5, 0.6) is 0 Å². The van der Waals surface area contributed by atoms with Crippen LogP contribution in [0.2, 0.25) is 0 Å². The van der Waals surface area contributed by atoms with Crippen LogP contribution in [-0.2, 0) is 14.4 Å². The van der Waals surface area contributed by atoms with Crippen LogP contribution in [0.1, 0.15) is 33.1 Å².